The van der Waals surface area contributed by atoms with Crippen molar-refractivity contribution in [3.8, 4) is 0 Å². The van der Waals surface area contributed by atoms with Crippen molar-refractivity contribution in [2.24, 2.45) is 0 Å². The summed E-state index contributed by atoms with van der Waals surface area (Å²) in [5.74, 6) is 0. The van der Waals surface area contributed by atoms with Crippen LogP contribution in [0.2, 0.25) is 4.34 Å². The molecule has 0 unspecified atom stereocenters. The Morgan fingerprint density at radius 1 is 1.16 bits per heavy atom. The number of halogens is 1. The first kappa shape index (κ1) is 16.9. The van der Waals surface area contributed by atoms with Crippen molar-refractivity contribution in [3.63, 3.8) is 0 Å². The van der Waals surface area contributed by atoms with Gasteiger partial charge in [-0.15, -0.1) is 11.3 Å². The van der Waals surface area contributed by atoms with Gasteiger partial charge in [0.1, 0.15) is 0 Å². The molecule has 1 rings (SSSR count). The minimum atomic E-state index is 0.871. The molecule has 110 valence electrons. The molecule has 3 nitrogen and oxygen atoms in total. The molecule has 19 heavy (non-hydrogen) atoms. The van der Waals surface area contributed by atoms with Crippen LogP contribution in [0.4, 0.5) is 0 Å². The molecule has 0 aliphatic heterocycles. The van der Waals surface area contributed by atoms with E-state index in [4.69, 9.17) is 11.6 Å². The van der Waals surface area contributed by atoms with Crippen molar-refractivity contribution < 1.29 is 0 Å². The molecule has 0 atom stereocenters. The lowest BCUT2D eigenvalue weighted by molar-refractivity contribution is 0.241. The Morgan fingerprint density at radius 3 is 2.53 bits per heavy atom. The summed E-state index contributed by atoms with van der Waals surface area (Å²) in [5.41, 5.74) is 0. The highest BCUT2D eigenvalue weighted by Crippen LogP contribution is 2.20. The zero-order valence-electron chi connectivity index (χ0n) is 12.3. The van der Waals surface area contributed by atoms with Crippen LogP contribution in [0, 0.1) is 0 Å². The van der Waals surface area contributed by atoms with Gasteiger partial charge in [0.05, 0.1) is 4.34 Å². The largest absolute Gasteiger partial charge is 0.311 e. The number of rotatable bonds is 10. The van der Waals surface area contributed by atoms with Gasteiger partial charge in [-0.1, -0.05) is 18.5 Å². The molecule has 0 aromatic carbocycles. The Labute approximate surface area is 126 Å². The molecule has 5 heteroatoms. The highest BCUT2D eigenvalue weighted by molar-refractivity contribution is 7.16. The fourth-order valence-electron chi connectivity index (χ4n) is 1.89. The van der Waals surface area contributed by atoms with E-state index in [0.717, 1.165) is 37.1 Å². The lowest BCUT2D eigenvalue weighted by Crippen LogP contribution is -2.37. The van der Waals surface area contributed by atoms with Gasteiger partial charge >= 0.3 is 0 Å². The molecule has 1 aromatic heterocycles. The smallest absolute Gasteiger partial charge is 0.0931 e. The number of thiophene rings is 1. The van der Waals surface area contributed by atoms with E-state index < -0.39 is 0 Å². The molecule has 0 aliphatic carbocycles. The average Bonchev–Trinajstić information content (AvgIpc) is 2.77. The van der Waals surface area contributed by atoms with E-state index in [2.05, 4.69) is 42.2 Å². The Kier molecular flexibility index (Phi) is 8.66. The topological polar surface area (TPSA) is 18.5 Å². The van der Waals surface area contributed by atoms with Crippen LogP contribution in [0.1, 0.15) is 18.2 Å². The third-order valence-corrected chi connectivity index (χ3v) is 4.17. The second kappa shape index (κ2) is 9.72. The molecule has 1 heterocycles. The van der Waals surface area contributed by atoms with Gasteiger partial charge in [-0.05, 0) is 39.2 Å². The lowest BCUT2D eigenvalue weighted by atomic mass is 10.3. The van der Waals surface area contributed by atoms with Crippen molar-refractivity contribution in [1.82, 2.24) is 15.1 Å². The van der Waals surface area contributed by atoms with Gasteiger partial charge in [-0.3, -0.25) is 0 Å². The zero-order valence-corrected chi connectivity index (χ0v) is 13.9. The fraction of sp³-hybridized carbons (Fsp3) is 0.714. The molecule has 0 bridgehead atoms. The highest BCUT2D eigenvalue weighted by atomic mass is 35.5. The van der Waals surface area contributed by atoms with Gasteiger partial charge in [0.25, 0.3) is 0 Å². The molecular weight excluding hydrogens is 278 g/mol. The quantitative estimate of drug-likeness (QED) is 0.671. The summed E-state index contributed by atoms with van der Waals surface area (Å²) in [6.45, 7) is 8.76. The number of nitrogens with one attached hydrogen (secondary N) is 1. The average molecular weight is 304 g/mol. The van der Waals surface area contributed by atoms with E-state index in [9.17, 15) is 0 Å². The molecule has 0 aliphatic rings. The maximum atomic E-state index is 5.91. The standard InChI is InChI=1S/C14H26ClN3S/c1-4-8-18(11-10-17(2)3)9-7-16-12-13-5-6-14(15)19-13/h5-6,16H,4,7-12H2,1-3H3. The van der Waals surface area contributed by atoms with Crippen LogP contribution < -0.4 is 5.32 Å². The molecule has 0 spiro atoms. The maximum absolute atomic E-state index is 5.91. The first-order chi connectivity index (χ1) is 9.11. The third-order valence-electron chi connectivity index (χ3n) is 2.94. The Morgan fingerprint density at radius 2 is 1.95 bits per heavy atom. The van der Waals surface area contributed by atoms with Crippen molar-refractivity contribution in [2.75, 3.05) is 46.8 Å². The van der Waals surface area contributed by atoms with Crippen LogP contribution in [-0.2, 0) is 6.54 Å². The number of nitrogens with zero attached hydrogens (tertiary/aromatic N) is 2. The number of likely N-dealkylation sites (N-methyl/N-ethyl adjacent to an activating group) is 1. The molecule has 0 saturated carbocycles. The molecule has 0 amide bonds. The van der Waals surface area contributed by atoms with Crippen molar-refractivity contribution in [1.29, 1.82) is 0 Å². The van der Waals surface area contributed by atoms with E-state index in [0.29, 0.717) is 0 Å². The fourth-order valence-corrected chi connectivity index (χ4v) is 2.95. The van der Waals surface area contributed by atoms with E-state index in [1.54, 1.807) is 11.3 Å². The predicted molar refractivity (Wildman–Crippen MR) is 86.3 cm³/mol. The first-order valence-corrected chi connectivity index (χ1v) is 8.13. The van der Waals surface area contributed by atoms with E-state index in [1.807, 2.05) is 6.07 Å². The summed E-state index contributed by atoms with van der Waals surface area (Å²) in [6.07, 6.45) is 1.22. The summed E-state index contributed by atoms with van der Waals surface area (Å²) in [7, 11) is 4.26. The summed E-state index contributed by atoms with van der Waals surface area (Å²) < 4.78 is 0.871. The second-order valence-electron chi connectivity index (χ2n) is 5.03. The minimum absolute atomic E-state index is 0.871. The summed E-state index contributed by atoms with van der Waals surface area (Å²) in [5, 5.41) is 3.49. The summed E-state index contributed by atoms with van der Waals surface area (Å²) in [4.78, 5) is 6.07. The SMILES string of the molecule is CCCN(CCNCc1ccc(Cl)s1)CCN(C)C. The molecule has 1 N–H and O–H groups in total. The van der Waals surface area contributed by atoms with Crippen LogP contribution in [0.3, 0.4) is 0 Å². The van der Waals surface area contributed by atoms with Crippen LogP contribution >= 0.6 is 22.9 Å². The van der Waals surface area contributed by atoms with Crippen LogP contribution in [0.25, 0.3) is 0 Å². The van der Waals surface area contributed by atoms with Crippen LogP contribution in [0.15, 0.2) is 12.1 Å². The monoisotopic (exact) mass is 303 g/mol. The molecular formula is C14H26ClN3S. The van der Waals surface area contributed by atoms with Gasteiger partial charge < -0.3 is 15.1 Å². The maximum Gasteiger partial charge on any atom is 0.0931 e. The van der Waals surface area contributed by atoms with Crippen LogP contribution in [-0.4, -0.2) is 56.6 Å². The molecule has 0 fully saturated rings. The Balaban J connectivity index is 2.16. The van der Waals surface area contributed by atoms with E-state index in [-0.39, 0.29) is 0 Å². The summed E-state index contributed by atoms with van der Waals surface area (Å²) in [6, 6.07) is 4.06. The Bertz CT molecular complexity index is 341. The molecule has 0 radical (unpaired) electrons. The van der Waals surface area contributed by atoms with Crippen molar-refractivity contribution in [3.05, 3.63) is 21.3 Å². The van der Waals surface area contributed by atoms with Gasteiger partial charge in [0.15, 0.2) is 0 Å². The van der Waals surface area contributed by atoms with Crippen molar-refractivity contribution >= 4 is 22.9 Å². The normalized spacial score (nSPS) is 11.7. The van der Waals surface area contributed by atoms with Crippen molar-refractivity contribution in [2.45, 2.75) is 19.9 Å². The predicted octanol–water partition coefficient (Wildman–Crippen LogP) is 2.76. The number of hydrogen-bond donors (Lipinski definition) is 1. The van der Waals surface area contributed by atoms with E-state index in [1.165, 1.54) is 17.8 Å². The number of hydrogen-bond acceptors (Lipinski definition) is 4. The van der Waals surface area contributed by atoms with Crippen LogP contribution in [0.5, 0.6) is 0 Å². The lowest BCUT2D eigenvalue weighted by Gasteiger charge is -2.23. The molecule has 1 aromatic rings. The highest BCUT2D eigenvalue weighted by Gasteiger charge is 2.04. The van der Waals surface area contributed by atoms with E-state index >= 15 is 0 Å². The molecule has 0 saturated heterocycles. The van der Waals surface area contributed by atoms with Gasteiger partial charge in [-0.25, -0.2) is 0 Å². The van der Waals surface area contributed by atoms with Gasteiger partial charge in [0, 0.05) is 37.6 Å². The first-order valence-electron chi connectivity index (χ1n) is 6.94. The van der Waals surface area contributed by atoms with Gasteiger partial charge in [0.2, 0.25) is 0 Å². The Hall–Kier alpha value is -0.130. The second-order valence-corrected chi connectivity index (χ2v) is 6.83. The van der Waals surface area contributed by atoms with Gasteiger partial charge in [-0.2, -0.15) is 0 Å². The summed E-state index contributed by atoms with van der Waals surface area (Å²) >= 11 is 7.57. The zero-order chi connectivity index (χ0) is 14.1. The third kappa shape index (κ3) is 7.90. The minimum Gasteiger partial charge on any atom is -0.311 e.